The molecule has 0 aliphatic heterocycles. The summed E-state index contributed by atoms with van der Waals surface area (Å²) < 4.78 is 1.79. The summed E-state index contributed by atoms with van der Waals surface area (Å²) in [5.74, 6) is -0.418. The van der Waals surface area contributed by atoms with Gasteiger partial charge in [0, 0.05) is 29.2 Å². The second-order valence-electron chi connectivity index (χ2n) is 7.64. The lowest BCUT2D eigenvalue weighted by molar-refractivity contribution is 0.0964. The largest absolute Gasteiger partial charge is 0.355 e. The van der Waals surface area contributed by atoms with Crippen molar-refractivity contribution in [3.63, 3.8) is 0 Å². The summed E-state index contributed by atoms with van der Waals surface area (Å²) in [4.78, 5) is 25.7. The molecule has 0 fully saturated rings. The van der Waals surface area contributed by atoms with Gasteiger partial charge in [0.25, 0.3) is 11.8 Å². The summed E-state index contributed by atoms with van der Waals surface area (Å²) in [6.45, 7) is 6.55. The molecule has 3 aromatic rings. The Morgan fingerprint density at radius 1 is 1.10 bits per heavy atom. The molecule has 8 heteroatoms. The summed E-state index contributed by atoms with van der Waals surface area (Å²) >= 11 is 12.6. The Balaban J connectivity index is 2.09. The monoisotopic (exact) mass is 458 g/mol. The first kappa shape index (κ1) is 22.8. The van der Waals surface area contributed by atoms with Crippen molar-refractivity contribution in [1.82, 2.24) is 15.1 Å². The molecular weight excluding hydrogens is 435 g/mol. The highest BCUT2D eigenvalue weighted by molar-refractivity contribution is 6.33. The van der Waals surface area contributed by atoms with Gasteiger partial charge in [0.2, 0.25) is 0 Å². The van der Waals surface area contributed by atoms with Gasteiger partial charge >= 0.3 is 0 Å². The lowest BCUT2D eigenvalue weighted by Crippen LogP contribution is -2.22. The SMILES string of the molecule is CNC(=O)c1cc(Cl)cc(C)c1NC(=O)c1cnn(CC(C)C)c1-c1ccccc1Cl. The van der Waals surface area contributed by atoms with Gasteiger partial charge in [0.15, 0.2) is 0 Å². The molecule has 2 amide bonds. The van der Waals surface area contributed by atoms with Crippen LogP contribution in [0.15, 0.2) is 42.6 Å². The van der Waals surface area contributed by atoms with E-state index in [1.165, 1.54) is 19.3 Å². The van der Waals surface area contributed by atoms with E-state index in [-0.39, 0.29) is 17.4 Å². The Hall–Kier alpha value is -2.83. The molecule has 162 valence electrons. The first-order valence-electron chi connectivity index (χ1n) is 9.87. The molecule has 2 N–H and O–H groups in total. The van der Waals surface area contributed by atoms with E-state index < -0.39 is 0 Å². The number of hydrogen-bond donors (Lipinski definition) is 2. The molecule has 6 nitrogen and oxygen atoms in total. The summed E-state index contributed by atoms with van der Waals surface area (Å²) in [5.41, 5.74) is 3.07. The maximum Gasteiger partial charge on any atom is 0.259 e. The van der Waals surface area contributed by atoms with E-state index in [1.807, 2.05) is 18.2 Å². The molecule has 0 spiro atoms. The molecule has 2 aromatic carbocycles. The summed E-state index contributed by atoms with van der Waals surface area (Å²) in [6, 6.07) is 10.6. The highest BCUT2D eigenvalue weighted by atomic mass is 35.5. The zero-order valence-electron chi connectivity index (χ0n) is 17.8. The Kier molecular flexibility index (Phi) is 7.03. The molecule has 31 heavy (non-hydrogen) atoms. The Bertz CT molecular complexity index is 1140. The van der Waals surface area contributed by atoms with Crippen LogP contribution >= 0.6 is 23.2 Å². The van der Waals surface area contributed by atoms with Crippen LogP contribution in [0, 0.1) is 12.8 Å². The van der Waals surface area contributed by atoms with Crippen LogP contribution in [0.2, 0.25) is 10.0 Å². The smallest absolute Gasteiger partial charge is 0.259 e. The van der Waals surface area contributed by atoms with Crippen molar-refractivity contribution in [2.75, 3.05) is 12.4 Å². The second kappa shape index (κ2) is 9.54. The summed E-state index contributed by atoms with van der Waals surface area (Å²) in [7, 11) is 1.52. The Morgan fingerprint density at radius 3 is 2.45 bits per heavy atom. The molecule has 1 heterocycles. The third kappa shape index (κ3) is 4.92. The highest BCUT2D eigenvalue weighted by Gasteiger charge is 2.23. The van der Waals surface area contributed by atoms with Gasteiger partial charge in [-0.25, -0.2) is 0 Å². The minimum atomic E-state index is -0.388. The second-order valence-corrected chi connectivity index (χ2v) is 8.48. The fourth-order valence-electron chi connectivity index (χ4n) is 3.38. The van der Waals surface area contributed by atoms with Crippen molar-refractivity contribution < 1.29 is 9.59 Å². The zero-order chi connectivity index (χ0) is 22.7. The highest BCUT2D eigenvalue weighted by Crippen LogP contribution is 2.32. The summed E-state index contributed by atoms with van der Waals surface area (Å²) in [5, 5.41) is 10.8. The van der Waals surface area contributed by atoms with Gasteiger partial charge in [-0.05, 0) is 36.6 Å². The van der Waals surface area contributed by atoms with Crippen molar-refractivity contribution >= 4 is 40.7 Å². The molecular formula is C23H24Cl2N4O2. The lowest BCUT2D eigenvalue weighted by atomic mass is 10.0. The van der Waals surface area contributed by atoms with E-state index in [0.717, 1.165) is 0 Å². The quantitative estimate of drug-likeness (QED) is 0.516. The standard InChI is InChI=1S/C23H24Cl2N4O2/c1-13(2)12-29-21(16-7-5-6-8-19(16)25)18(11-27-29)23(31)28-20-14(3)9-15(24)10-17(20)22(30)26-4/h5-11,13H,12H2,1-4H3,(H,26,30)(H,28,31). The number of anilines is 1. The van der Waals surface area contributed by atoms with E-state index in [2.05, 4.69) is 29.6 Å². The molecule has 3 rings (SSSR count). The third-order valence-corrected chi connectivity index (χ3v) is 5.31. The first-order valence-corrected chi connectivity index (χ1v) is 10.6. The molecule has 0 radical (unpaired) electrons. The number of carbonyl (C=O) groups is 2. The maximum absolute atomic E-state index is 13.3. The van der Waals surface area contributed by atoms with Crippen LogP contribution in [0.4, 0.5) is 5.69 Å². The van der Waals surface area contributed by atoms with Crippen LogP contribution < -0.4 is 10.6 Å². The average Bonchev–Trinajstić information content (AvgIpc) is 3.12. The normalized spacial score (nSPS) is 10.9. The number of hydrogen-bond acceptors (Lipinski definition) is 3. The Labute approximate surface area is 191 Å². The average molecular weight is 459 g/mol. The number of aromatic nitrogens is 2. The van der Waals surface area contributed by atoms with Crippen LogP contribution in [0.1, 0.15) is 40.1 Å². The van der Waals surface area contributed by atoms with Crippen molar-refractivity contribution in [3.05, 3.63) is 69.3 Å². The fraction of sp³-hybridized carbons (Fsp3) is 0.261. The zero-order valence-corrected chi connectivity index (χ0v) is 19.3. The van der Waals surface area contributed by atoms with Crippen LogP contribution in [-0.2, 0) is 6.54 Å². The topological polar surface area (TPSA) is 76.0 Å². The minimum Gasteiger partial charge on any atom is -0.355 e. The number of nitrogens with one attached hydrogen (secondary N) is 2. The molecule has 0 aliphatic rings. The lowest BCUT2D eigenvalue weighted by Gasteiger charge is -2.16. The molecule has 0 bridgehead atoms. The first-order chi connectivity index (χ1) is 14.7. The van der Waals surface area contributed by atoms with Gasteiger partial charge in [-0.3, -0.25) is 14.3 Å². The van der Waals surface area contributed by atoms with Gasteiger partial charge in [0.05, 0.1) is 28.7 Å². The van der Waals surface area contributed by atoms with Gasteiger partial charge in [-0.15, -0.1) is 0 Å². The van der Waals surface area contributed by atoms with E-state index in [0.29, 0.717) is 50.6 Å². The number of halogens is 2. The number of rotatable bonds is 6. The fourth-order valence-corrected chi connectivity index (χ4v) is 3.87. The van der Waals surface area contributed by atoms with Crippen LogP contribution in [0.5, 0.6) is 0 Å². The Morgan fingerprint density at radius 2 is 1.81 bits per heavy atom. The molecule has 0 saturated carbocycles. The minimum absolute atomic E-state index is 0.287. The molecule has 0 aliphatic carbocycles. The maximum atomic E-state index is 13.3. The number of aryl methyl sites for hydroxylation is 1. The van der Waals surface area contributed by atoms with E-state index in [1.54, 1.807) is 23.7 Å². The molecule has 0 unspecified atom stereocenters. The number of carbonyl (C=O) groups excluding carboxylic acids is 2. The van der Waals surface area contributed by atoms with Crippen LogP contribution in [0.25, 0.3) is 11.3 Å². The van der Waals surface area contributed by atoms with E-state index >= 15 is 0 Å². The van der Waals surface area contributed by atoms with Crippen molar-refractivity contribution in [2.24, 2.45) is 5.92 Å². The third-order valence-electron chi connectivity index (χ3n) is 4.76. The molecule has 0 atom stereocenters. The van der Waals surface area contributed by atoms with Gasteiger partial charge in [-0.2, -0.15) is 5.10 Å². The number of amides is 2. The van der Waals surface area contributed by atoms with Crippen LogP contribution in [-0.4, -0.2) is 28.6 Å². The van der Waals surface area contributed by atoms with Gasteiger partial charge in [0.1, 0.15) is 0 Å². The summed E-state index contributed by atoms with van der Waals surface area (Å²) in [6.07, 6.45) is 1.53. The van der Waals surface area contributed by atoms with Crippen molar-refractivity contribution in [2.45, 2.75) is 27.3 Å². The van der Waals surface area contributed by atoms with E-state index in [4.69, 9.17) is 23.2 Å². The number of benzene rings is 2. The molecule has 1 aromatic heterocycles. The number of nitrogens with zero attached hydrogens (tertiary/aromatic N) is 2. The molecule has 0 saturated heterocycles. The van der Waals surface area contributed by atoms with Gasteiger partial charge < -0.3 is 10.6 Å². The van der Waals surface area contributed by atoms with Crippen molar-refractivity contribution in [3.8, 4) is 11.3 Å². The predicted molar refractivity (Wildman–Crippen MR) is 125 cm³/mol. The van der Waals surface area contributed by atoms with Gasteiger partial charge in [-0.1, -0.05) is 55.2 Å². The predicted octanol–water partition coefficient (Wildman–Crippen LogP) is 5.43. The van der Waals surface area contributed by atoms with Crippen molar-refractivity contribution in [1.29, 1.82) is 0 Å². The van der Waals surface area contributed by atoms with E-state index in [9.17, 15) is 9.59 Å². The van der Waals surface area contributed by atoms with Crippen LogP contribution in [0.3, 0.4) is 0 Å².